The Balaban J connectivity index is 1.64. The molecule has 6 nitrogen and oxygen atoms in total. The molecule has 150 valence electrons. The first kappa shape index (κ1) is 20.3. The van der Waals surface area contributed by atoms with E-state index in [4.69, 9.17) is 0 Å². The van der Waals surface area contributed by atoms with Crippen molar-refractivity contribution < 1.29 is 18.3 Å². The number of aromatic nitrogens is 1. The highest BCUT2D eigenvalue weighted by Crippen LogP contribution is 2.21. The van der Waals surface area contributed by atoms with Gasteiger partial charge in [0.1, 0.15) is 17.6 Å². The van der Waals surface area contributed by atoms with Crippen LogP contribution in [0.4, 0.5) is 14.6 Å². The van der Waals surface area contributed by atoms with Gasteiger partial charge in [0, 0.05) is 37.9 Å². The highest BCUT2D eigenvalue weighted by Gasteiger charge is 2.27. The van der Waals surface area contributed by atoms with E-state index >= 15 is 0 Å². The zero-order chi connectivity index (χ0) is 20.8. The number of benzene rings is 1. The maximum atomic E-state index is 12.6. The molecule has 0 unspecified atom stereocenters. The lowest BCUT2D eigenvalue weighted by Gasteiger charge is -2.40. The molecule has 1 atom stereocenters. The number of amides is 1. The van der Waals surface area contributed by atoms with Crippen LogP contribution in [0.5, 0.6) is 5.75 Å². The maximum Gasteiger partial charge on any atom is 0.387 e. The molecule has 0 N–H and O–H groups in total. The van der Waals surface area contributed by atoms with Crippen molar-refractivity contribution in [2.24, 2.45) is 0 Å². The molecule has 0 spiro atoms. The van der Waals surface area contributed by atoms with E-state index in [2.05, 4.69) is 15.8 Å². The summed E-state index contributed by atoms with van der Waals surface area (Å²) in [6.07, 6.45) is 4.65. The van der Waals surface area contributed by atoms with Gasteiger partial charge in [0.25, 0.3) is 0 Å². The summed E-state index contributed by atoms with van der Waals surface area (Å²) in [5.74, 6) is 0.499. The largest absolute Gasteiger partial charge is 0.435 e. The average Bonchev–Trinajstić information content (AvgIpc) is 2.71. The van der Waals surface area contributed by atoms with Crippen molar-refractivity contribution in [2.45, 2.75) is 19.6 Å². The smallest absolute Gasteiger partial charge is 0.387 e. The molecule has 1 aromatic carbocycles. The molecule has 1 aromatic heterocycles. The Morgan fingerprint density at radius 3 is 2.90 bits per heavy atom. The fraction of sp³-hybridized carbons (Fsp3) is 0.286. The number of nitrogens with zero attached hydrogens (tertiary/aromatic N) is 4. The molecule has 1 saturated heterocycles. The topological polar surface area (TPSA) is 69.5 Å². The quantitative estimate of drug-likeness (QED) is 0.723. The van der Waals surface area contributed by atoms with Crippen LogP contribution in [0.2, 0.25) is 0 Å². The summed E-state index contributed by atoms with van der Waals surface area (Å²) >= 11 is 0. The second-order valence-electron chi connectivity index (χ2n) is 6.60. The minimum Gasteiger partial charge on any atom is -0.435 e. The predicted octanol–water partition coefficient (Wildman–Crippen LogP) is 3.31. The van der Waals surface area contributed by atoms with Crippen LogP contribution >= 0.6 is 0 Å². The van der Waals surface area contributed by atoms with Gasteiger partial charge in [-0.3, -0.25) is 4.79 Å². The third-order valence-electron chi connectivity index (χ3n) is 4.62. The van der Waals surface area contributed by atoms with Crippen LogP contribution in [-0.4, -0.2) is 48.1 Å². The third kappa shape index (κ3) is 5.08. The zero-order valence-corrected chi connectivity index (χ0v) is 15.8. The predicted molar refractivity (Wildman–Crippen MR) is 104 cm³/mol. The number of piperazine rings is 1. The van der Waals surface area contributed by atoms with Gasteiger partial charge in [0.15, 0.2) is 0 Å². The number of pyridine rings is 1. The van der Waals surface area contributed by atoms with Crippen molar-refractivity contribution in [3.63, 3.8) is 0 Å². The minimum atomic E-state index is -2.89. The Morgan fingerprint density at radius 2 is 2.17 bits per heavy atom. The van der Waals surface area contributed by atoms with E-state index in [-0.39, 0.29) is 17.7 Å². The highest BCUT2D eigenvalue weighted by molar-refractivity contribution is 5.92. The Morgan fingerprint density at radius 1 is 1.34 bits per heavy atom. The molecule has 1 fully saturated rings. The molecule has 1 amide bonds. The number of ether oxygens (including phenoxy) is 1. The van der Waals surface area contributed by atoms with E-state index in [1.165, 1.54) is 18.2 Å². The van der Waals surface area contributed by atoms with Gasteiger partial charge in [-0.1, -0.05) is 12.1 Å². The van der Waals surface area contributed by atoms with E-state index in [0.29, 0.717) is 36.6 Å². The summed E-state index contributed by atoms with van der Waals surface area (Å²) in [6.45, 7) is 0.648. The van der Waals surface area contributed by atoms with Gasteiger partial charge >= 0.3 is 6.61 Å². The number of carbonyl (C=O) groups excluding carboxylic acids is 1. The normalized spacial score (nSPS) is 16.9. The van der Waals surface area contributed by atoms with Crippen LogP contribution in [0.3, 0.4) is 0 Å². The first-order chi connectivity index (χ1) is 14.0. The van der Waals surface area contributed by atoms with Gasteiger partial charge in [-0.05, 0) is 42.8 Å². The molecule has 1 aliphatic heterocycles. The van der Waals surface area contributed by atoms with E-state index in [0.717, 1.165) is 0 Å². The number of hydrogen-bond acceptors (Lipinski definition) is 5. The highest BCUT2D eigenvalue weighted by atomic mass is 19.3. The van der Waals surface area contributed by atoms with Crippen LogP contribution in [-0.2, 0) is 4.79 Å². The standard InChI is InChI=1S/C21H20F2N4O2/c1-15-14-26(20-17(13-24)5-3-9-25-20)10-11-27(15)19(28)8-7-16-4-2-6-18(12-16)29-21(22)23/h2-9,12,15,21H,10-11,14H2,1H3/b8-7+/t15-/m1/s1. The molecule has 0 radical (unpaired) electrons. The van der Waals surface area contributed by atoms with Crippen molar-refractivity contribution in [1.82, 2.24) is 9.88 Å². The summed E-state index contributed by atoms with van der Waals surface area (Å²) in [6, 6.07) is 11.7. The molecule has 8 heteroatoms. The van der Waals surface area contributed by atoms with Crippen molar-refractivity contribution in [2.75, 3.05) is 24.5 Å². The summed E-state index contributed by atoms with van der Waals surface area (Å²) in [5, 5.41) is 9.26. The molecule has 2 aromatic rings. The number of halogens is 2. The number of rotatable bonds is 5. The first-order valence-corrected chi connectivity index (χ1v) is 9.11. The van der Waals surface area contributed by atoms with Crippen LogP contribution in [0.15, 0.2) is 48.7 Å². The van der Waals surface area contributed by atoms with Crippen LogP contribution in [0, 0.1) is 11.3 Å². The SMILES string of the molecule is C[C@@H]1CN(c2ncccc2C#N)CCN1C(=O)/C=C/c1cccc(OC(F)F)c1. The fourth-order valence-electron chi connectivity index (χ4n) is 3.27. The van der Waals surface area contributed by atoms with Gasteiger partial charge in [-0.25, -0.2) is 4.98 Å². The van der Waals surface area contributed by atoms with Crippen molar-refractivity contribution in [3.05, 3.63) is 59.8 Å². The second kappa shape index (κ2) is 9.15. The summed E-state index contributed by atoms with van der Waals surface area (Å²) in [7, 11) is 0. The van der Waals surface area contributed by atoms with Crippen molar-refractivity contribution in [1.29, 1.82) is 5.26 Å². The maximum absolute atomic E-state index is 12.6. The fourth-order valence-corrected chi connectivity index (χ4v) is 3.27. The van der Waals surface area contributed by atoms with E-state index in [1.54, 1.807) is 41.4 Å². The molecular formula is C21H20F2N4O2. The van der Waals surface area contributed by atoms with Gasteiger partial charge in [-0.15, -0.1) is 0 Å². The number of nitriles is 1. The number of alkyl halides is 2. The Bertz CT molecular complexity index is 942. The summed E-state index contributed by atoms with van der Waals surface area (Å²) in [4.78, 5) is 20.7. The molecule has 3 rings (SSSR count). The lowest BCUT2D eigenvalue weighted by Crippen LogP contribution is -2.54. The molecule has 2 heterocycles. The van der Waals surface area contributed by atoms with Crippen LogP contribution in [0.1, 0.15) is 18.1 Å². The average molecular weight is 398 g/mol. The van der Waals surface area contributed by atoms with Crippen molar-refractivity contribution >= 4 is 17.8 Å². The molecule has 0 saturated carbocycles. The zero-order valence-electron chi connectivity index (χ0n) is 15.8. The number of anilines is 1. The lowest BCUT2D eigenvalue weighted by atomic mass is 10.1. The lowest BCUT2D eigenvalue weighted by molar-refractivity contribution is -0.128. The van der Waals surface area contributed by atoms with Crippen LogP contribution < -0.4 is 9.64 Å². The van der Waals surface area contributed by atoms with Crippen LogP contribution in [0.25, 0.3) is 6.08 Å². The number of carbonyl (C=O) groups is 1. The third-order valence-corrected chi connectivity index (χ3v) is 4.62. The van der Waals surface area contributed by atoms with E-state index in [9.17, 15) is 18.8 Å². The van der Waals surface area contributed by atoms with Gasteiger partial charge in [0.2, 0.25) is 5.91 Å². The van der Waals surface area contributed by atoms with Gasteiger partial charge in [0.05, 0.1) is 5.56 Å². The summed E-state index contributed by atoms with van der Waals surface area (Å²) < 4.78 is 29.0. The van der Waals surface area contributed by atoms with Gasteiger partial charge < -0.3 is 14.5 Å². The monoisotopic (exact) mass is 398 g/mol. The minimum absolute atomic E-state index is 0.0419. The second-order valence-corrected chi connectivity index (χ2v) is 6.60. The Hall–Kier alpha value is -3.47. The van der Waals surface area contributed by atoms with E-state index < -0.39 is 6.61 Å². The van der Waals surface area contributed by atoms with Crippen molar-refractivity contribution in [3.8, 4) is 11.8 Å². The van der Waals surface area contributed by atoms with Gasteiger partial charge in [-0.2, -0.15) is 14.0 Å². The summed E-state index contributed by atoms with van der Waals surface area (Å²) in [5.41, 5.74) is 1.10. The molecule has 29 heavy (non-hydrogen) atoms. The number of hydrogen-bond donors (Lipinski definition) is 0. The Kier molecular flexibility index (Phi) is 6.39. The molecule has 0 aliphatic carbocycles. The van der Waals surface area contributed by atoms with E-state index in [1.807, 2.05) is 11.8 Å². The Labute approximate surface area is 167 Å². The molecule has 1 aliphatic rings. The molecule has 0 bridgehead atoms. The first-order valence-electron chi connectivity index (χ1n) is 9.11. The molecular weight excluding hydrogens is 378 g/mol.